The molecule has 1 rings (SSSR count). The maximum absolute atomic E-state index is 12.4. The van der Waals surface area contributed by atoms with Crippen molar-refractivity contribution in [1.82, 2.24) is 0 Å². The Kier molecular flexibility index (Phi) is 6.83. The Hall–Kier alpha value is -0.963. The van der Waals surface area contributed by atoms with Crippen molar-refractivity contribution in [3.8, 4) is 0 Å². The van der Waals surface area contributed by atoms with Crippen LogP contribution >= 0.6 is 0 Å². The number of alkyl halides is 3. The molecule has 1 aliphatic rings. The molecule has 0 bridgehead atoms. The van der Waals surface area contributed by atoms with Gasteiger partial charge in [0.2, 0.25) is 0 Å². The van der Waals surface area contributed by atoms with Crippen LogP contribution in [0.3, 0.4) is 0 Å². The molecule has 0 aromatic carbocycles. The molecule has 0 aromatic rings. The predicted octanol–water partition coefficient (Wildman–Crippen LogP) is 5.61. The Morgan fingerprint density at radius 1 is 0.920 bits per heavy atom. The van der Waals surface area contributed by atoms with Gasteiger partial charge in [-0.3, -0.25) is 0 Å². The van der Waals surface area contributed by atoms with Gasteiger partial charge in [-0.15, -0.1) is 0 Å². The van der Waals surface area contributed by atoms with Crippen molar-refractivity contribution in [2.45, 2.75) is 76.5 Å². The summed E-state index contributed by atoms with van der Waals surface area (Å²) in [5, 5.41) is 0. The topological polar surface area (TPSA) is 52.6 Å². The number of hydrogen-bond donors (Lipinski definition) is 0. The number of hydrogen-bond acceptors (Lipinski definition) is 4. The Morgan fingerprint density at radius 3 is 1.64 bits per heavy atom. The number of allylic oxidation sites excluding steroid dienone is 4. The second-order valence-electron chi connectivity index (χ2n) is 7.17. The minimum absolute atomic E-state index is 0.0555. The fraction of sp³-hybridized carbons (Fsp3) is 0.750. The molecule has 0 aliphatic heterocycles. The molecule has 4 nitrogen and oxygen atoms in total. The predicted molar refractivity (Wildman–Crippen MR) is 93.6 cm³/mol. The van der Waals surface area contributed by atoms with E-state index in [4.69, 9.17) is 4.43 Å². The molecule has 0 saturated carbocycles. The van der Waals surface area contributed by atoms with E-state index in [1.165, 1.54) is 12.2 Å². The van der Waals surface area contributed by atoms with Crippen LogP contribution in [0.5, 0.6) is 0 Å². The first kappa shape index (κ1) is 22.1. The SMILES string of the molecule is CC(C)[Si](OC1=CC=C(OS(=O)(=O)C(F)(F)F)CC1)(C(C)C)C(C)C. The van der Waals surface area contributed by atoms with Gasteiger partial charge in [-0.2, -0.15) is 21.6 Å². The summed E-state index contributed by atoms with van der Waals surface area (Å²) in [5.41, 5.74) is -4.34. The lowest BCUT2D eigenvalue weighted by atomic mass is 10.1. The van der Waals surface area contributed by atoms with Crippen LogP contribution in [-0.4, -0.2) is 22.2 Å². The Balaban J connectivity index is 3.01. The van der Waals surface area contributed by atoms with Crippen LogP contribution < -0.4 is 0 Å². The molecule has 0 atom stereocenters. The van der Waals surface area contributed by atoms with Crippen molar-refractivity contribution in [1.29, 1.82) is 0 Å². The maximum Gasteiger partial charge on any atom is 0.534 e. The van der Waals surface area contributed by atoms with Gasteiger partial charge in [-0.05, 0) is 28.8 Å². The second-order valence-corrected chi connectivity index (χ2v) is 14.1. The summed E-state index contributed by atoms with van der Waals surface area (Å²) < 4.78 is 69.9. The smallest absolute Gasteiger partial charge is 0.534 e. The fourth-order valence-electron chi connectivity index (χ4n) is 3.52. The molecule has 25 heavy (non-hydrogen) atoms. The monoisotopic (exact) mass is 400 g/mol. The third kappa shape index (κ3) is 4.81. The van der Waals surface area contributed by atoms with E-state index in [0.29, 0.717) is 28.8 Å². The summed E-state index contributed by atoms with van der Waals surface area (Å²) in [4.78, 5) is 0. The molecule has 0 heterocycles. The highest BCUT2D eigenvalue weighted by Gasteiger charge is 2.49. The maximum atomic E-state index is 12.4. The summed E-state index contributed by atoms with van der Waals surface area (Å²) in [6.07, 6.45) is 3.15. The van der Waals surface area contributed by atoms with Crippen LogP contribution in [0.15, 0.2) is 23.7 Å². The molecule has 9 heteroatoms. The van der Waals surface area contributed by atoms with Gasteiger partial charge in [0.15, 0.2) is 0 Å². The Bertz CT molecular complexity index is 612. The molecule has 1 aliphatic carbocycles. The van der Waals surface area contributed by atoms with Crippen LogP contribution in [0.25, 0.3) is 0 Å². The molecule has 0 unspecified atom stereocenters. The highest BCUT2D eigenvalue weighted by molar-refractivity contribution is 7.87. The zero-order chi connectivity index (χ0) is 19.6. The summed E-state index contributed by atoms with van der Waals surface area (Å²) >= 11 is 0. The molecule has 0 N–H and O–H groups in total. The normalized spacial score (nSPS) is 17.0. The lowest BCUT2D eigenvalue weighted by molar-refractivity contribution is -0.0523. The highest BCUT2D eigenvalue weighted by Crippen LogP contribution is 2.44. The van der Waals surface area contributed by atoms with Crippen molar-refractivity contribution >= 4 is 18.4 Å². The van der Waals surface area contributed by atoms with Gasteiger partial charge in [0.05, 0.1) is 5.76 Å². The average Bonchev–Trinajstić information content (AvgIpc) is 2.43. The first-order valence-corrected chi connectivity index (χ1v) is 11.9. The van der Waals surface area contributed by atoms with Gasteiger partial charge in [0, 0.05) is 12.8 Å². The van der Waals surface area contributed by atoms with Crippen LogP contribution in [0.4, 0.5) is 13.2 Å². The zero-order valence-corrected chi connectivity index (χ0v) is 17.3. The molecule has 0 saturated heterocycles. The third-order valence-corrected chi connectivity index (χ3v) is 11.6. The number of halogens is 3. The van der Waals surface area contributed by atoms with E-state index in [9.17, 15) is 21.6 Å². The summed E-state index contributed by atoms with van der Waals surface area (Å²) in [6.45, 7) is 12.8. The number of rotatable bonds is 7. The molecule has 0 radical (unpaired) electrons. The molecule has 0 spiro atoms. The van der Waals surface area contributed by atoms with Crippen LogP contribution in [-0.2, 0) is 18.7 Å². The average molecular weight is 401 g/mol. The minimum Gasteiger partial charge on any atom is -0.546 e. The molecular weight excluding hydrogens is 373 g/mol. The lowest BCUT2D eigenvalue weighted by Crippen LogP contribution is -2.47. The summed E-state index contributed by atoms with van der Waals surface area (Å²) in [6, 6.07) is 0. The van der Waals surface area contributed by atoms with Crippen molar-refractivity contribution in [3.05, 3.63) is 23.7 Å². The van der Waals surface area contributed by atoms with Gasteiger partial charge >= 0.3 is 15.6 Å². The van der Waals surface area contributed by atoms with E-state index in [1.807, 2.05) is 0 Å². The van der Waals surface area contributed by atoms with E-state index in [-0.39, 0.29) is 12.2 Å². The van der Waals surface area contributed by atoms with Gasteiger partial charge in [-0.25, -0.2) is 0 Å². The minimum atomic E-state index is -5.62. The second kappa shape index (κ2) is 7.73. The van der Waals surface area contributed by atoms with Crippen molar-refractivity contribution in [3.63, 3.8) is 0 Å². The van der Waals surface area contributed by atoms with E-state index < -0.39 is 23.9 Å². The van der Waals surface area contributed by atoms with Crippen LogP contribution in [0.2, 0.25) is 16.6 Å². The molecule has 0 amide bonds. The van der Waals surface area contributed by atoms with E-state index >= 15 is 0 Å². The summed E-state index contributed by atoms with van der Waals surface area (Å²) in [7, 11) is -7.77. The first-order chi connectivity index (χ1) is 11.2. The Labute approximate surface area is 149 Å². The first-order valence-electron chi connectivity index (χ1n) is 8.33. The van der Waals surface area contributed by atoms with Gasteiger partial charge < -0.3 is 8.61 Å². The zero-order valence-electron chi connectivity index (χ0n) is 15.5. The fourth-order valence-corrected chi connectivity index (χ4v) is 9.37. The summed E-state index contributed by atoms with van der Waals surface area (Å²) in [5.74, 6) is 0.454. The Morgan fingerprint density at radius 2 is 1.32 bits per heavy atom. The standard InChI is InChI=1S/C16H27F3O4SSi/c1-11(2)25(12(3)4,13(5)6)23-15-9-7-14(8-10-15)22-24(20,21)16(17,18)19/h7,9,11-13H,8,10H2,1-6H3. The largest absolute Gasteiger partial charge is 0.546 e. The molecule has 146 valence electrons. The van der Waals surface area contributed by atoms with Crippen molar-refractivity contribution in [2.24, 2.45) is 0 Å². The molecule has 0 aromatic heterocycles. The van der Waals surface area contributed by atoms with Crippen molar-refractivity contribution in [2.75, 3.05) is 0 Å². The van der Waals surface area contributed by atoms with Crippen molar-refractivity contribution < 1.29 is 30.2 Å². The van der Waals surface area contributed by atoms with E-state index in [1.54, 1.807) is 0 Å². The van der Waals surface area contributed by atoms with Crippen LogP contribution in [0, 0.1) is 0 Å². The van der Waals surface area contributed by atoms with Crippen LogP contribution in [0.1, 0.15) is 54.4 Å². The van der Waals surface area contributed by atoms with Gasteiger partial charge in [0.1, 0.15) is 5.76 Å². The lowest BCUT2D eigenvalue weighted by Gasteiger charge is -2.43. The van der Waals surface area contributed by atoms with Gasteiger partial charge in [0.25, 0.3) is 8.32 Å². The van der Waals surface area contributed by atoms with E-state index in [2.05, 4.69) is 45.7 Å². The molecule has 0 fully saturated rings. The molecular formula is C16H27F3O4SSi. The van der Waals surface area contributed by atoms with Gasteiger partial charge in [-0.1, -0.05) is 41.5 Å². The third-order valence-electron chi connectivity index (χ3n) is 4.59. The van der Waals surface area contributed by atoms with E-state index in [0.717, 1.165) is 0 Å². The highest BCUT2D eigenvalue weighted by atomic mass is 32.2. The quantitative estimate of drug-likeness (QED) is 0.317.